The highest BCUT2D eigenvalue weighted by Crippen LogP contribution is 2.25. The number of carbonyl (C=O) groups is 1. The van der Waals surface area contributed by atoms with Crippen LogP contribution in [0.25, 0.3) is 5.69 Å². The van der Waals surface area contributed by atoms with Crippen molar-refractivity contribution in [3.05, 3.63) is 75.5 Å². The van der Waals surface area contributed by atoms with Crippen molar-refractivity contribution in [2.75, 3.05) is 5.32 Å². The van der Waals surface area contributed by atoms with Gasteiger partial charge >= 0.3 is 0 Å². The smallest absolute Gasteiger partial charge is 0.255 e. The molecule has 0 saturated heterocycles. The summed E-state index contributed by atoms with van der Waals surface area (Å²) >= 11 is 11.9. The summed E-state index contributed by atoms with van der Waals surface area (Å²) in [6.45, 7) is 3.77. The average molecular weight is 360 g/mol. The van der Waals surface area contributed by atoms with Crippen LogP contribution in [0.4, 0.5) is 5.69 Å². The average Bonchev–Trinajstić information content (AvgIpc) is 2.86. The number of halogens is 2. The lowest BCUT2D eigenvalue weighted by Crippen LogP contribution is -2.13. The van der Waals surface area contributed by atoms with E-state index in [4.69, 9.17) is 23.2 Å². The summed E-state index contributed by atoms with van der Waals surface area (Å²) in [5.74, 6) is -0.257. The van der Waals surface area contributed by atoms with Gasteiger partial charge in [-0.1, -0.05) is 41.4 Å². The van der Waals surface area contributed by atoms with E-state index in [9.17, 15) is 4.79 Å². The number of carbonyl (C=O) groups excluding carboxylic acids is 1. The molecule has 0 saturated carbocycles. The molecule has 0 aliphatic carbocycles. The van der Waals surface area contributed by atoms with Crippen LogP contribution in [0.3, 0.4) is 0 Å². The largest absolute Gasteiger partial charge is 0.319 e. The molecule has 0 atom stereocenters. The van der Waals surface area contributed by atoms with E-state index in [2.05, 4.69) is 10.4 Å². The van der Waals surface area contributed by atoms with Crippen molar-refractivity contribution >= 4 is 34.8 Å². The second kappa shape index (κ2) is 6.67. The Balaban J connectivity index is 1.92. The Hall–Kier alpha value is -2.30. The lowest BCUT2D eigenvalue weighted by atomic mass is 10.2. The third-order valence-electron chi connectivity index (χ3n) is 3.71. The molecule has 1 amide bonds. The predicted octanol–water partition coefficient (Wildman–Crippen LogP) is 5.05. The van der Waals surface area contributed by atoms with Crippen LogP contribution in [0.15, 0.2) is 48.5 Å². The molecule has 1 aromatic heterocycles. The maximum absolute atomic E-state index is 12.5. The Labute approximate surface area is 150 Å². The summed E-state index contributed by atoms with van der Waals surface area (Å²) < 4.78 is 1.81. The second-order valence-electron chi connectivity index (χ2n) is 5.38. The zero-order valence-corrected chi connectivity index (χ0v) is 14.7. The molecule has 6 heteroatoms. The van der Waals surface area contributed by atoms with Gasteiger partial charge in [-0.15, -0.1) is 0 Å². The Morgan fingerprint density at radius 3 is 2.42 bits per heavy atom. The summed E-state index contributed by atoms with van der Waals surface area (Å²) in [6.07, 6.45) is 0. The van der Waals surface area contributed by atoms with Crippen LogP contribution in [-0.4, -0.2) is 15.7 Å². The van der Waals surface area contributed by atoms with E-state index >= 15 is 0 Å². The first-order chi connectivity index (χ1) is 11.5. The molecule has 1 heterocycles. The minimum absolute atomic E-state index is 0.257. The van der Waals surface area contributed by atoms with Gasteiger partial charge in [-0.2, -0.15) is 5.10 Å². The number of aromatic nitrogens is 2. The summed E-state index contributed by atoms with van der Waals surface area (Å²) in [5.41, 5.74) is 3.66. The monoisotopic (exact) mass is 359 g/mol. The number of aryl methyl sites for hydroxylation is 1. The normalized spacial score (nSPS) is 10.7. The molecule has 0 fully saturated rings. The molecule has 0 unspecified atom stereocenters. The lowest BCUT2D eigenvalue weighted by Gasteiger charge is -2.08. The van der Waals surface area contributed by atoms with E-state index < -0.39 is 0 Å². The van der Waals surface area contributed by atoms with E-state index in [0.29, 0.717) is 21.3 Å². The van der Waals surface area contributed by atoms with Gasteiger partial charge in [0.25, 0.3) is 5.91 Å². The number of para-hydroxylation sites is 1. The SMILES string of the molecule is Cc1nn(-c2ccccc2)c(C)c1NC(=O)c1ccc(Cl)c(Cl)c1. The first kappa shape index (κ1) is 16.6. The van der Waals surface area contributed by atoms with E-state index in [1.54, 1.807) is 22.9 Å². The first-order valence-corrected chi connectivity index (χ1v) is 8.11. The van der Waals surface area contributed by atoms with Crippen LogP contribution in [-0.2, 0) is 0 Å². The predicted molar refractivity (Wildman–Crippen MR) is 97.5 cm³/mol. The topological polar surface area (TPSA) is 46.9 Å². The summed E-state index contributed by atoms with van der Waals surface area (Å²) in [7, 11) is 0. The number of hydrogen-bond donors (Lipinski definition) is 1. The lowest BCUT2D eigenvalue weighted by molar-refractivity contribution is 0.102. The van der Waals surface area contributed by atoms with E-state index in [-0.39, 0.29) is 5.91 Å². The van der Waals surface area contributed by atoms with Crippen LogP contribution >= 0.6 is 23.2 Å². The van der Waals surface area contributed by atoms with Crippen LogP contribution in [0, 0.1) is 13.8 Å². The van der Waals surface area contributed by atoms with Crippen molar-refractivity contribution < 1.29 is 4.79 Å². The summed E-state index contributed by atoms with van der Waals surface area (Å²) in [6, 6.07) is 14.5. The zero-order chi connectivity index (χ0) is 17.3. The molecule has 3 aromatic rings. The van der Waals surface area contributed by atoms with Crippen molar-refractivity contribution in [3.8, 4) is 5.69 Å². The highest BCUT2D eigenvalue weighted by atomic mass is 35.5. The van der Waals surface area contributed by atoms with E-state index in [1.807, 2.05) is 44.2 Å². The van der Waals surface area contributed by atoms with Gasteiger partial charge in [0, 0.05) is 5.56 Å². The van der Waals surface area contributed by atoms with Gasteiger partial charge in [-0.05, 0) is 44.2 Å². The van der Waals surface area contributed by atoms with Crippen molar-refractivity contribution in [2.24, 2.45) is 0 Å². The Morgan fingerprint density at radius 1 is 1.04 bits per heavy atom. The Kier molecular flexibility index (Phi) is 4.60. The maximum Gasteiger partial charge on any atom is 0.255 e. The Morgan fingerprint density at radius 2 is 1.75 bits per heavy atom. The molecule has 0 aliphatic rings. The highest BCUT2D eigenvalue weighted by Gasteiger charge is 2.16. The summed E-state index contributed by atoms with van der Waals surface area (Å²) in [4.78, 5) is 12.5. The fourth-order valence-electron chi connectivity index (χ4n) is 2.47. The van der Waals surface area contributed by atoms with Crippen molar-refractivity contribution in [1.82, 2.24) is 9.78 Å². The van der Waals surface area contributed by atoms with E-state index in [1.165, 1.54) is 0 Å². The highest BCUT2D eigenvalue weighted by molar-refractivity contribution is 6.42. The van der Waals surface area contributed by atoms with Crippen LogP contribution in [0.5, 0.6) is 0 Å². The van der Waals surface area contributed by atoms with Crippen molar-refractivity contribution in [1.29, 1.82) is 0 Å². The fourth-order valence-corrected chi connectivity index (χ4v) is 2.77. The van der Waals surface area contributed by atoms with Gasteiger partial charge in [0.2, 0.25) is 0 Å². The van der Waals surface area contributed by atoms with E-state index in [0.717, 1.165) is 17.1 Å². The maximum atomic E-state index is 12.5. The molecule has 4 nitrogen and oxygen atoms in total. The van der Waals surface area contributed by atoms with Crippen LogP contribution in [0.2, 0.25) is 10.0 Å². The standard InChI is InChI=1S/C18H15Cl2N3O/c1-11-17(12(2)23(22-11)14-6-4-3-5-7-14)21-18(24)13-8-9-15(19)16(20)10-13/h3-10H,1-2H3,(H,21,24). The molecule has 122 valence electrons. The quantitative estimate of drug-likeness (QED) is 0.711. The van der Waals surface area contributed by atoms with Crippen LogP contribution in [0.1, 0.15) is 21.7 Å². The van der Waals surface area contributed by atoms with Gasteiger partial charge in [-0.25, -0.2) is 4.68 Å². The van der Waals surface area contributed by atoms with Gasteiger partial charge in [0.15, 0.2) is 0 Å². The third-order valence-corrected chi connectivity index (χ3v) is 4.45. The molecular weight excluding hydrogens is 345 g/mol. The molecule has 0 bridgehead atoms. The first-order valence-electron chi connectivity index (χ1n) is 7.35. The minimum atomic E-state index is -0.257. The van der Waals surface area contributed by atoms with Gasteiger partial charge in [0.05, 0.1) is 32.8 Å². The zero-order valence-electron chi connectivity index (χ0n) is 13.2. The second-order valence-corrected chi connectivity index (χ2v) is 6.19. The molecule has 3 rings (SSSR count). The van der Waals surface area contributed by atoms with Gasteiger partial charge in [0.1, 0.15) is 0 Å². The number of rotatable bonds is 3. The number of amides is 1. The molecule has 24 heavy (non-hydrogen) atoms. The summed E-state index contributed by atoms with van der Waals surface area (Å²) in [5, 5.41) is 8.18. The minimum Gasteiger partial charge on any atom is -0.319 e. The number of nitrogens with one attached hydrogen (secondary N) is 1. The molecule has 0 radical (unpaired) electrons. The molecule has 0 spiro atoms. The molecule has 0 aliphatic heterocycles. The number of benzene rings is 2. The van der Waals surface area contributed by atoms with Crippen molar-refractivity contribution in [3.63, 3.8) is 0 Å². The van der Waals surface area contributed by atoms with Crippen LogP contribution < -0.4 is 5.32 Å². The third kappa shape index (κ3) is 3.16. The molecule has 1 N–H and O–H groups in total. The Bertz CT molecular complexity index is 904. The molecule has 2 aromatic carbocycles. The number of hydrogen-bond acceptors (Lipinski definition) is 2. The number of nitrogens with zero attached hydrogens (tertiary/aromatic N) is 2. The van der Waals surface area contributed by atoms with Gasteiger partial charge < -0.3 is 5.32 Å². The fraction of sp³-hybridized carbons (Fsp3) is 0.111. The number of anilines is 1. The molecular formula is C18H15Cl2N3O. The van der Waals surface area contributed by atoms with Crippen molar-refractivity contribution in [2.45, 2.75) is 13.8 Å². The van der Waals surface area contributed by atoms with Gasteiger partial charge in [-0.3, -0.25) is 4.79 Å².